The zero-order valence-corrected chi connectivity index (χ0v) is 8.95. The lowest BCUT2D eigenvalue weighted by Gasteiger charge is -2.14. The lowest BCUT2D eigenvalue weighted by molar-refractivity contribution is -0.121. The minimum Gasteiger partial charge on any atom is -0.487 e. The Hall–Kier alpha value is -0.770. The first-order valence-electron chi connectivity index (χ1n) is 4.21. The van der Waals surface area contributed by atoms with Crippen molar-refractivity contribution < 1.29 is 14.2 Å². The molecule has 3 nitrogen and oxygen atoms in total. The number of para-hydroxylation sites is 1. The van der Waals surface area contributed by atoms with Gasteiger partial charge in [0.05, 0.1) is 5.02 Å². The number of benzene rings is 1. The van der Waals surface area contributed by atoms with Crippen LogP contribution in [0.5, 0.6) is 5.75 Å². The number of rotatable bonds is 5. The Labute approximate surface area is 88.5 Å². The van der Waals surface area contributed by atoms with Crippen molar-refractivity contribution in [2.24, 2.45) is 0 Å². The average molecular weight is 217 g/mol. The van der Waals surface area contributed by atoms with Gasteiger partial charge in [0.1, 0.15) is 12.4 Å². The van der Waals surface area contributed by atoms with Crippen LogP contribution < -0.4 is 4.74 Å². The van der Waals surface area contributed by atoms with Crippen LogP contribution in [0.15, 0.2) is 24.3 Å². The normalized spacial score (nSPS) is 10.6. The molecule has 0 saturated carbocycles. The Bertz CT molecular complexity index is 274. The van der Waals surface area contributed by atoms with E-state index in [-0.39, 0.29) is 6.29 Å². The Morgan fingerprint density at radius 1 is 1.21 bits per heavy atom. The van der Waals surface area contributed by atoms with E-state index >= 15 is 0 Å². The molecule has 0 amide bonds. The molecule has 0 radical (unpaired) electrons. The number of methoxy groups -OCH3 is 2. The topological polar surface area (TPSA) is 27.7 Å². The summed E-state index contributed by atoms with van der Waals surface area (Å²) >= 11 is 5.89. The van der Waals surface area contributed by atoms with E-state index in [4.69, 9.17) is 25.8 Å². The van der Waals surface area contributed by atoms with Crippen LogP contribution in [-0.2, 0) is 9.47 Å². The summed E-state index contributed by atoms with van der Waals surface area (Å²) in [7, 11) is 3.12. The van der Waals surface area contributed by atoms with Gasteiger partial charge in [0.15, 0.2) is 6.29 Å². The third kappa shape index (κ3) is 3.18. The van der Waals surface area contributed by atoms with Gasteiger partial charge in [-0.25, -0.2) is 0 Å². The molecule has 78 valence electrons. The molecule has 0 saturated heterocycles. The Morgan fingerprint density at radius 3 is 2.43 bits per heavy atom. The second-order valence-corrected chi connectivity index (χ2v) is 3.05. The largest absolute Gasteiger partial charge is 0.487 e. The molecular formula is C10H13ClO3. The third-order valence-electron chi connectivity index (χ3n) is 1.74. The summed E-state index contributed by atoms with van der Waals surface area (Å²) in [4.78, 5) is 0. The van der Waals surface area contributed by atoms with Gasteiger partial charge in [-0.15, -0.1) is 0 Å². The summed E-state index contributed by atoms with van der Waals surface area (Å²) in [6.45, 7) is 0.316. The molecule has 0 aliphatic heterocycles. The molecule has 14 heavy (non-hydrogen) atoms. The molecule has 4 heteroatoms. The third-order valence-corrected chi connectivity index (χ3v) is 2.05. The summed E-state index contributed by atoms with van der Waals surface area (Å²) in [6.07, 6.45) is -0.369. The molecule has 0 atom stereocenters. The molecule has 0 aliphatic carbocycles. The van der Waals surface area contributed by atoms with Crippen molar-refractivity contribution in [2.75, 3.05) is 20.8 Å². The summed E-state index contributed by atoms with van der Waals surface area (Å²) in [5, 5.41) is 0.582. The standard InChI is InChI=1S/C10H13ClO3/c1-12-10(13-2)7-14-9-6-4-3-5-8(9)11/h3-6,10H,7H2,1-2H3. The zero-order chi connectivity index (χ0) is 10.4. The van der Waals surface area contributed by atoms with Crippen LogP contribution in [-0.4, -0.2) is 27.1 Å². The summed E-state index contributed by atoms with van der Waals surface area (Å²) < 4.78 is 15.3. The highest BCUT2D eigenvalue weighted by molar-refractivity contribution is 6.32. The van der Waals surface area contributed by atoms with Crippen molar-refractivity contribution in [1.29, 1.82) is 0 Å². The van der Waals surface area contributed by atoms with Gasteiger partial charge in [0, 0.05) is 14.2 Å². The second-order valence-electron chi connectivity index (χ2n) is 2.64. The predicted molar refractivity (Wildman–Crippen MR) is 54.8 cm³/mol. The molecule has 0 unspecified atom stereocenters. The van der Waals surface area contributed by atoms with Crippen LogP contribution in [0.1, 0.15) is 0 Å². The van der Waals surface area contributed by atoms with Gasteiger partial charge in [0.25, 0.3) is 0 Å². The lowest BCUT2D eigenvalue weighted by Crippen LogP contribution is -2.22. The maximum absolute atomic E-state index is 5.89. The first-order valence-corrected chi connectivity index (χ1v) is 4.58. The fourth-order valence-corrected chi connectivity index (χ4v) is 1.14. The van der Waals surface area contributed by atoms with Gasteiger partial charge in [-0.3, -0.25) is 0 Å². The van der Waals surface area contributed by atoms with E-state index in [0.29, 0.717) is 17.4 Å². The van der Waals surface area contributed by atoms with E-state index in [0.717, 1.165) is 0 Å². The average Bonchev–Trinajstić information content (AvgIpc) is 2.22. The van der Waals surface area contributed by atoms with Crippen molar-refractivity contribution in [3.8, 4) is 5.75 Å². The Morgan fingerprint density at radius 2 is 1.86 bits per heavy atom. The fourth-order valence-electron chi connectivity index (χ4n) is 0.952. The minimum atomic E-state index is -0.369. The number of ether oxygens (including phenoxy) is 3. The van der Waals surface area contributed by atoms with Crippen LogP contribution in [0.25, 0.3) is 0 Å². The van der Waals surface area contributed by atoms with Gasteiger partial charge in [0.2, 0.25) is 0 Å². The van der Waals surface area contributed by atoms with Crippen LogP contribution in [0.3, 0.4) is 0 Å². The first kappa shape index (κ1) is 11.3. The van der Waals surface area contributed by atoms with E-state index in [9.17, 15) is 0 Å². The molecule has 0 fully saturated rings. The van der Waals surface area contributed by atoms with E-state index in [1.54, 1.807) is 26.4 Å². The number of halogens is 1. The molecule has 0 aromatic heterocycles. The molecule has 0 N–H and O–H groups in total. The summed E-state index contributed by atoms with van der Waals surface area (Å²) in [5.74, 6) is 0.633. The molecule has 1 rings (SSSR count). The van der Waals surface area contributed by atoms with Crippen molar-refractivity contribution in [2.45, 2.75) is 6.29 Å². The highest BCUT2D eigenvalue weighted by atomic mass is 35.5. The van der Waals surface area contributed by atoms with Gasteiger partial charge < -0.3 is 14.2 Å². The number of hydrogen-bond acceptors (Lipinski definition) is 3. The second kappa shape index (κ2) is 5.86. The molecule has 0 heterocycles. The quantitative estimate of drug-likeness (QED) is 0.708. The lowest BCUT2D eigenvalue weighted by atomic mass is 10.3. The van der Waals surface area contributed by atoms with Crippen LogP contribution >= 0.6 is 11.6 Å². The molecule has 0 bridgehead atoms. The molecule has 1 aromatic rings. The Kier molecular flexibility index (Phi) is 4.73. The molecule has 0 aliphatic rings. The van der Waals surface area contributed by atoms with Gasteiger partial charge >= 0.3 is 0 Å². The highest BCUT2D eigenvalue weighted by Crippen LogP contribution is 2.23. The van der Waals surface area contributed by atoms with E-state index in [1.165, 1.54) is 0 Å². The van der Waals surface area contributed by atoms with Crippen molar-refractivity contribution in [3.63, 3.8) is 0 Å². The van der Waals surface area contributed by atoms with Crippen LogP contribution in [0, 0.1) is 0 Å². The monoisotopic (exact) mass is 216 g/mol. The van der Waals surface area contributed by atoms with E-state index < -0.39 is 0 Å². The number of hydrogen-bond donors (Lipinski definition) is 0. The van der Waals surface area contributed by atoms with E-state index in [2.05, 4.69) is 0 Å². The maximum Gasteiger partial charge on any atom is 0.191 e. The molecular weight excluding hydrogens is 204 g/mol. The van der Waals surface area contributed by atoms with Crippen molar-refractivity contribution >= 4 is 11.6 Å². The maximum atomic E-state index is 5.89. The molecule has 1 aromatic carbocycles. The summed E-state index contributed by atoms with van der Waals surface area (Å²) in [6, 6.07) is 7.27. The SMILES string of the molecule is COC(COc1ccccc1Cl)OC. The van der Waals surface area contributed by atoms with Crippen molar-refractivity contribution in [1.82, 2.24) is 0 Å². The van der Waals surface area contributed by atoms with Crippen LogP contribution in [0.4, 0.5) is 0 Å². The summed E-state index contributed by atoms with van der Waals surface area (Å²) in [5.41, 5.74) is 0. The van der Waals surface area contributed by atoms with Gasteiger partial charge in [-0.1, -0.05) is 23.7 Å². The van der Waals surface area contributed by atoms with Crippen LogP contribution in [0.2, 0.25) is 5.02 Å². The smallest absolute Gasteiger partial charge is 0.191 e. The van der Waals surface area contributed by atoms with Gasteiger partial charge in [-0.2, -0.15) is 0 Å². The predicted octanol–water partition coefficient (Wildman–Crippen LogP) is 2.34. The fraction of sp³-hybridized carbons (Fsp3) is 0.400. The highest BCUT2D eigenvalue weighted by Gasteiger charge is 2.07. The Balaban J connectivity index is 2.49. The van der Waals surface area contributed by atoms with Gasteiger partial charge in [-0.05, 0) is 12.1 Å². The van der Waals surface area contributed by atoms with E-state index in [1.807, 2.05) is 12.1 Å². The molecule has 0 spiro atoms. The zero-order valence-electron chi connectivity index (χ0n) is 8.20. The van der Waals surface area contributed by atoms with Crippen molar-refractivity contribution in [3.05, 3.63) is 29.3 Å². The minimum absolute atomic E-state index is 0.316. The first-order chi connectivity index (χ1) is 6.77.